The molecule has 4 rings (SSSR count). The Morgan fingerprint density at radius 2 is 1.90 bits per heavy atom. The Labute approximate surface area is 133 Å². The molecular weight excluding hydrogens is 294 g/mol. The number of hydrogen-bond donors (Lipinski definition) is 1. The highest BCUT2D eigenvalue weighted by Crippen LogP contribution is 2.39. The second kappa shape index (κ2) is 5.48. The second-order valence-corrected chi connectivity index (χ2v) is 7.79. The van der Waals surface area contributed by atoms with Crippen molar-refractivity contribution in [2.24, 2.45) is 5.73 Å². The van der Waals surface area contributed by atoms with Crippen molar-refractivity contribution in [1.29, 1.82) is 0 Å². The molecule has 1 aliphatic heterocycles. The van der Waals surface area contributed by atoms with Crippen LogP contribution in [0.15, 0.2) is 58.8 Å². The zero-order chi connectivity index (χ0) is 14.2. The van der Waals surface area contributed by atoms with Gasteiger partial charge in [0.25, 0.3) is 0 Å². The van der Waals surface area contributed by atoms with E-state index in [1.807, 2.05) is 23.1 Å². The number of fused-ring (bicyclic) bond motifs is 2. The molecule has 106 valence electrons. The van der Waals surface area contributed by atoms with Gasteiger partial charge in [-0.2, -0.15) is 0 Å². The van der Waals surface area contributed by atoms with Gasteiger partial charge in [-0.1, -0.05) is 36.4 Å². The van der Waals surface area contributed by atoms with Crippen molar-refractivity contribution < 1.29 is 0 Å². The molecule has 0 saturated carbocycles. The van der Waals surface area contributed by atoms with E-state index < -0.39 is 0 Å². The molecule has 1 nitrogen and oxygen atoms in total. The van der Waals surface area contributed by atoms with Crippen molar-refractivity contribution in [2.75, 3.05) is 0 Å². The molecule has 0 radical (unpaired) electrons. The minimum atomic E-state index is 0.209. The van der Waals surface area contributed by atoms with E-state index in [4.69, 9.17) is 5.73 Å². The predicted molar refractivity (Wildman–Crippen MR) is 93.3 cm³/mol. The van der Waals surface area contributed by atoms with Crippen molar-refractivity contribution in [3.63, 3.8) is 0 Å². The van der Waals surface area contributed by atoms with Gasteiger partial charge in [-0.3, -0.25) is 0 Å². The molecule has 2 atom stereocenters. The standard InChI is InChI=1S/C18H17NS2/c19-15(18-10-12-5-1-3-7-16(12)21-18)9-13-11-20-17-8-4-2-6-14(13)17/h1-8,11,15,18H,9-10,19H2. The third kappa shape index (κ3) is 2.50. The summed E-state index contributed by atoms with van der Waals surface area (Å²) < 4.78 is 1.36. The van der Waals surface area contributed by atoms with Crippen LogP contribution in [0.5, 0.6) is 0 Å². The lowest BCUT2D eigenvalue weighted by Crippen LogP contribution is -2.34. The highest BCUT2D eigenvalue weighted by atomic mass is 32.2. The molecule has 1 aliphatic rings. The van der Waals surface area contributed by atoms with Gasteiger partial charge in [0.1, 0.15) is 0 Å². The average molecular weight is 311 g/mol. The van der Waals surface area contributed by atoms with E-state index in [0.29, 0.717) is 5.25 Å². The maximum atomic E-state index is 6.52. The van der Waals surface area contributed by atoms with Gasteiger partial charge in [0.15, 0.2) is 0 Å². The van der Waals surface area contributed by atoms with Gasteiger partial charge in [-0.15, -0.1) is 23.1 Å². The summed E-state index contributed by atoms with van der Waals surface area (Å²) in [6.45, 7) is 0. The summed E-state index contributed by atoms with van der Waals surface area (Å²) in [5.74, 6) is 0. The van der Waals surface area contributed by atoms with Crippen LogP contribution in [0.1, 0.15) is 11.1 Å². The summed E-state index contributed by atoms with van der Waals surface area (Å²) in [4.78, 5) is 1.41. The maximum absolute atomic E-state index is 6.52. The van der Waals surface area contributed by atoms with E-state index in [2.05, 4.69) is 53.9 Å². The lowest BCUT2D eigenvalue weighted by molar-refractivity contribution is 0.635. The Morgan fingerprint density at radius 1 is 1.10 bits per heavy atom. The number of thioether (sulfide) groups is 1. The van der Waals surface area contributed by atoms with Gasteiger partial charge in [0.2, 0.25) is 0 Å². The number of rotatable bonds is 3. The summed E-state index contributed by atoms with van der Waals surface area (Å²) in [6, 6.07) is 17.5. The van der Waals surface area contributed by atoms with Crippen molar-refractivity contribution in [2.45, 2.75) is 29.0 Å². The molecule has 2 heterocycles. The van der Waals surface area contributed by atoms with Gasteiger partial charge in [-0.25, -0.2) is 0 Å². The van der Waals surface area contributed by atoms with Gasteiger partial charge >= 0.3 is 0 Å². The normalized spacial score (nSPS) is 18.8. The molecule has 0 fully saturated rings. The van der Waals surface area contributed by atoms with E-state index in [1.54, 1.807) is 0 Å². The first kappa shape index (κ1) is 13.4. The van der Waals surface area contributed by atoms with Gasteiger partial charge < -0.3 is 5.73 Å². The summed E-state index contributed by atoms with van der Waals surface area (Å²) in [7, 11) is 0. The van der Waals surface area contributed by atoms with E-state index in [9.17, 15) is 0 Å². The number of hydrogen-bond acceptors (Lipinski definition) is 3. The van der Waals surface area contributed by atoms with Crippen molar-refractivity contribution in [3.8, 4) is 0 Å². The van der Waals surface area contributed by atoms with Crippen molar-refractivity contribution in [3.05, 3.63) is 65.0 Å². The third-order valence-corrected chi connectivity index (χ3v) is 6.65. The minimum absolute atomic E-state index is 0.209. The summed E-state index contributed by atoms with van der Waals surface area (Å²) in [5, 5.41) is 4.15. The molecule has 0 saturated heterocycles. The smallest absolute Gasteiger partial charge is 0.0345 e. The van der Waals surface area contributed by atoms with Crippen LogP contribution in [-0.4, -0.2) is 11.3 Å². The second-order valence-electron chi connectivity index (χ2n) is 5.59. The van der Waals surface area contributed by atoms with Gasteiger partial charge in [-0.05, 0) is 46.9 Å². The van der Waals surface area contributed by atoms with Crippen LogP contribution in [0, 0.1) is 0 Å². The number of thiophene rings is 1. The Morgan fingerprint density at radius 3 is 2.81 bits per heavy atom. The molecule has 2 unspecified atom stereocenters. The summed E-state index contributed by atoms with van der Waals surface area (Å²) in [5.41, 5.74) is 9.38. The van der Waals surface area contributed by atoms with Gasteiger partial charge in [0, 0.05) is 20.9 Å². The Hall–Kier alpha value is -1.29. The Bertz CT molecular complexity index is 752. The third-order valence-electron chi connectivity index (χ3n) is 4.17. The molecule has 2 aromatic carbocycles. The number of nitrogens with two attached hydrogens (primary N) is 1. The molecule has 2 N–H and O–H groups in total. The van der Waals surface area contributed by atoms with E-state index in [1.165, 1.54) is 26.1 Å². The molecule has 0 spiro atoms. The molecule has 3 heteroatoms. The lowest BCUT2D eigenvalue weighted by Gasteiger charge is -2.17. The fraction of sp³-hybridized carbons (Fsp3) is 0.222. The molecule has 0 bridgehead atoms. The van der Waals surface area contributed by atoms with Crippen LogP contribution in [0.3, 0.4) is 0 Å². The van der Waals surface area contributed by atoms with E-state index in [0.717, 1.165) is 12.8 Å². The Balaban J connectivity index is 1.53. The highest BCUT2D eigenvalue weighted by molar-refractivity contribution is 8.00. The summed E-state index contributed by atoms with van der Waals surface area (Å²) in [6.07, 6.45) is 2.07. The topological polar surface area (TPSA) is 26.0 Å². The van der Waals surface area contributed by atoms with E-state index in [-0.39, 0.29) is 6.04 Å². The van der Waals surface area contributed by atoms with Crippen LogP contribution >= 0.6 is 23.1 Å². The van der Waals surface area contributed by atoms with Crippen molar-refractivity contribution >= 4 is 33.2 Å². The first-order valence-corrected chi connectivity index (χ1v) is 9.02. The zero-order valence-electron chi connectivity index (χ0n) is 11.7. The molecule has 3 aromatic rings. The molecule has 1 aromatic heterocycles. The zero-order valence-corrected chi connectivity index (χ0v) is 13.3. The van der Waals surface area contributed by atoms with Crippen LogP contribution < -0.4 is 5.73 Å². The molecule has 21 heavy (non-hydrogen) atoms. The highest BCUT2D eigenvalue weighted by Gasteiger charge is 2.27. The maximum Gasteiger partial charge on any atom is 0.0345 e. The van der Waals surface area contributed by atoms with Crippen LogP contribution in [0.4, 0.5) is 0 Å². The summed E-state index contributed by atoms with van der Waals surface area (Å²) >= 11 is 3.77. The van der Waals surface area contributed by atoms with E-state index >= 15 is 0 Å². The first-order valence-electron chi connectivity index (χ1n) is 7.26. The molecular formula is C18H17NS2. The average Bonchev–Trinajstić information content (AvgIpc) is 3.11. The van der Waals surface area contributed by atoms with Crippen molar-refractivity contribution in [1.82, 2.24) is 0 Å². The fourth-order valence-corrected chi connectivity index (χ4v) is 5.32. The number of benzene rings is 2. The fourth-order valence-electron chi connectivity index (χ4n) is 3.02. The molecule has 0 amide bonds. The van der Waals surface area contributed by atoms with Crippen LogP contribution in [-0.2, 0) is 12.8 Å². The lowest BCUT2D eigenvalue weighted by atomic mass is 9.99. The predicted octanol–water partition coefficient (Wildman–Crippen LogP) is 4.49. The van der Waals surface area contributed by atoms with Gasteiger partial charge in [0.05, 0.1) is 0 Å². The largest absolute Gasteiger partial charge is 0.326 e. The van der Waals surface area contributed by atoms with Crippen LogP contribution in [0.25, 0.3) is 10.1 Å². The SMILES string of the molecule is NC(Cc1csc2ccccc12)C1Cc2ccccc2S1. The Kier molecular flexibility index (Phi) is 3.49. The first-order chi connectivity index (χ1) is 10.3. The quantitative estimate of drug-likeness (QED) is 0.771. The minimum Gasteiger partial charge on any atom is -0.326 e. The monoisotopic (exact) mass is 311 g/mol. The molecule has 0 aliphatic carbocycles. The van der Waals surface area contributed by atoms with Crippen LogP contribution in [0.2, 0.25) is 0 Å².